The first-order valence-electron chi connectivity index (χ1n) is 32.4. The summed E-state index contributed by atoms with van der Waals surface area (Å²) in [7, 11) is 4.42. The van der Waals surface area contributed by atoms with E-state index in [1.165, 1.54) is 76.9 Å². The molecular formula is C70H109NO15. The number of methoxy groups -OCH3 is 3. The van der Waals surface area contributed by atoms with Gasteiger partial charge >= 0.3 is 6.16 Å². The van der Waals surface area contributed by atoms with Gasteiger partial charge in [-0.15, -0.1) is 0 Å². The number of hydrogen-bond acceptors (Lipinski definition) is 15. The van der Waals surface area contributed by atoms with Crippen LogP contribution < -0.4 is 9.47 Å². The molecule has 484 valence electrons. The van der Waals surface area contributed by atoms with Crippen LogP contribution in [-0.4, -0.2) is 133 Å². The summed E-state index contributed by atoms with van der Waals surface area (Å²) in [6.07, 6.45) is 28.4. The minimum atomic E-state index is -2.44. The van der Waals surface area contributed by atoms with Crippen molar-refractivity contribution in [1.29, 1.82) is 0 Å². The Morgan fingerprint density at radius 3 is 2.14 bits per heavy atom. The number of piperidine rings is 1. The molecule has 0 aliphatic carbocycles. The third-order valence-corrected chi connectivity index (χ3v) is 17.6. The van der Waals surface area contributed by atoms with Gasteiger partial charge in [0.2, 0.25) is 5.79 Å². The van der Waals surface area contributed by atoms with Gasteiger partial charge in [-0.05, 0) is 132 Å². The molecule has 16 heteroatoms. The summed E-state index contributed by atoms with van der Waals surface area (Å²) in [5, 5.41) is 35.8. The van der Waals surface area contributed by atoms with Gasteiger partial charge in [0, 0.05) is 51.4 Å². The smallest absolute Gasteiger partial charge is 0.493 e. The maximum atomic E-state index is 14.5. The highest BCUT2D eigenvalue weighted by Gasteiger charge is 2.53. The number of rotatable bonds is 23. The van der Waals surface area contributed by atoms with E-state index in [9.17, 15) is 39.3 Å². The summed E-state index contributed by atoms with van der Waals surface area (Å²) in [6, 6.07) is 4.08. The normalized spacial score (nSPS) is 30.6. The van der Waals surface area contributed by atoms with Crippen LogP contribution in [-0.2, 0) is 49.3 Å². The number of unbranched alkanes of at least 4 members (excludes halogenated alkanes) is 12. The van der Waals surface area contributed by atoms with Crippen LogP contribution in [0, 0.1) is 29.6 Å². The fraction of sp³-hybridized carbons (Fsp3) is 0.700. The Morgan fingerprint density at radius 2 is 1.48 bits per heavy atom. The lowest BCUT2D eigenvalue weighted by atomic mass is 9.85. The lowest BCUT2D eigenvalue weighted by Crippen LogP contribution is -2.61. The molecule has 3 aliphatic heterocycles. The lowest BCUT2D eigenvalue weighted by Gasteiger charge is -2.44. The van der Waals surface area contributed by atoms with Crippen molar-refractivity contribution in [2.45, 2.75) is 252 Å². The first kappa shape index (κ1) is 73.7. The third kappa shape index (κ3) is 23.9. The molecular weight excluding hydrogens is 1090 g/mol. The number of allylic oxidation sites excluding steroid dienone is 8. The number of nitrogens with zero attached hydrogens (tertiary/aromatic N) is 1. The van der Waals surface area contributed by atoms with Gasteiger partial charge in [0.1, 0.15) is 18.0 Å². The van der Waals surface area contributed by atoms with E-state index in [1.54, 1.807) is 52.2 Å². The van der Waals surface area contributed by atoms with Crippen molar-refractivity contribution in [3.05, 3.63) is 83.5 Å². The second-order valence-corrected chi connectivity index (χ2v) is 24.8. The predicted octanol–water partition coefficient (Wildman–Crippen LogP) is 13.2. The fourth-order valence-electron chi connectivity index (χ4n) is 12.0. The Morgan fingerprint density at radius 1 is 0.802 bits per heavy atom. The van der Waals surface area contributed by atoms with Gasteiger partial charge in [0.15, 0.2) is 23.6 Å². The van der Waals surface area contributed by atoms with Crippen LogP contribution in [0.3, 0.4) is 0 Å². The second kappa shape index (κ2) is 39.3. The van der Waals surface area contributed by atoms with Crippen molar-refractivity contribution in [3.8, 4) is 11.5 Å². The Labute approximate surface area is 515 Å². The molecule has 0 radical (unpaired) electrons. The fourth-order valence-corrected chi connectivity index (χ4v) is 12.0. The number of fused-ring (bicyclic) bond motifs is 3. The number of ketones is 3. The quantitative estimate of drug-likeness (QED) is 0.0306. The van der Waals surface area contributed by atoms with E-state index in [1.807, 2.05) is 58.1 Å². The number of aliphatic hydroxyl groups excluding tert-OH is 2. The van der Waals surface area contributed by atoms with Gasteiger partial charge in [-0.2, -0.15) is 0 Å². The molecule has 2 saturated heterocycles. The number of ether oxygens (including phenoxy) is 7. The van der Waals surface area contributed by atoms with Crippen LogP contribution in [0.15, 0.2) is 78.0 Å². The van der Waals surface area contributed by atoms with Crippen LogP contribution in [0.5, 0.6) is 11.5 Å². The second-order valence-electron chi connectivity index (χ2n) is 24.8. The first-order chi connectivity index (χ1) is 41.2. The van der Waals surface area contributed by atoms with Crippen LogP contribution in [0.2, 0.25) is 0 Å². The predicted molar refractivity (Wildman–Crippen MR) is 336 cm³/mol. The summed E-state index contributed by atoms with van der Waals surface area (Å²) >= 11 is 0. The summed E-state index contributed by atoms with van der Waals surface area (Å²) < 4.78 is 40.9. The largest absolute Gasteiger partial charge is 0.513 e. The molecule has 1 amide bonds. The van der Waals surface area contributed by atoms with Crippen molar-refractivity contribution >= 4 is 29.4 Å². The zero-order valence-corrected chi connectivity index (χ0v) is 54.1. The van der Waals surface area contributed by atoms with Gasteiger partial charge in [-0.1, -0.05) is 154 Å². The van der Waals surface area contributed by atoms with Gasteiger partial charge in [-0.3, -0.25) is 19.2 Å². The van der Waals surface area contributed by atoms with E-state index in [4.69, 9.17) is 33.2 Å². The molecule has 1 unspecified atom stereocenters. The van der Waals surface area contributed by atoms with Crippen molar-refractivity contribution < 1.29 is 72.5 Å². The van der Waals surface area contributed by atoms with Crippen LogP contribution >= 0.6 is 0 Å². The van der Waals surface area contributed by atoms with E-state index in [-0.39, 0.29) is 55.0 Å². The van der Waals surface area contributed by atoms with Gasteiger partial charge < -0.3 is 53.4 Å². The molecule has 4 rings (SSSR count). The van der Waals surface area contributed by atoms with Gasteiger partial charge in [0.25, 0.3) is 11.7 Å². The van der Waals surface area contributed by atoms with E-state index in [0.717, 1.165) is 43.2 Å². The van der Waals surface area contributed by atoms with E-state index in [2.05, 4.69) is 19.1 Å². The third-order valence-electron chi connectivity index (χ3n) is 17.6. The first-order valence-corrected chi connectivity index (χ1v) is 32.4. The van der Waals surface area contributed by atoms with Crippen molar-refractivity contribution in [3.63, 3.8) is 0 Å². The standard InChI is InChI=1S/C70H109NO15/c1-12-13-14-15-16-17-18-19-20-21-22-23-24-25-26-32-41-83-69(78)85-59-39-37-55(45-62(59)81-10)44-51(5)61-47-58(72)50(4)43-53(7)64(74)65(82-11)63(73)52(6)42-48(2)33-28-27-29-34-49(3)60(80-9)46-56-38-36-54(8)70(79,86-56)66(75)67(76)71-40-31-30-35-57(71)68(77)84-61/h19-20,27-29,33-34,37,39,43,45,48,50-52,54,56-57,60-61,64-65,68,74,77,79H,12-18,21-26,30-32,35-36,38,40-42,44,46-47H2,1-11H3/b20-19-,29-27+,33-28+,49-34+,53-43+/t48-,50-,51-,52-,54-,56+,57+,60+,61+,64-,65+,68?,70-/m1/s1. The number of carbonyl (C=O) groups is 5. The minimum Gasteiger partial charge on any atom is -0.493 e. The van der Waals surface area contributed by atoms with E-state index >= 15 is 0 Å². The van der Waals surface area contributed by atoms with E-state index < -0.39 is 90.2 Å². The molecule has 2 bridgehead atoms. The molecule has 3 N–H and O–H groups in total. The molecule has 13 atom stereocenters. The van der Waals surface area contributed by atoms with Crippen molar-refractivity contribution in [2.75, 3.05) is 34.5 Å². The number of carbonyl (C=O) groups excluding carboxylic acids is 5. The summed E-state index contributed by atoms with van der Waals surface area (Å²) in [6.45, 7) is 15.2. The Hall–Kier alpha value is -4.81. The van der Waals surface area contributed by atoms with Gasteiger partial charge in [-0.25, -0.2) is 4.79 Å². The summed E-state index contributed by atoms with van der Waals surface area (Å²) in [5.74, 6) is -7.16. The molecule has 3 aliphatic rings. The molecule has 86 heavy (non-hydrogen) atoms. The zero-order chi connectivity index (χ0) is 63.2. The number of aliphatic hydroxyl groups is 3. The van der Waals surface area contributed by atoms with Crippen LogP contribution in [0.1, 0.15) is 202 Å². The molecule has 0 spiro atoms. The van der Waals surface area contributed by atoms with Crippen molar-refractivity contribution in [1.82, 2.24) is 4.90 Å². The Bertz CT molecular complexity index is 2390. The number of benzene rings is 1. The highest BCUT2D eigenvalue weighted by molar-refractivity contribution is 6.38. The molecule has 3 heterocycles. The van der Waals surface area contributed by atoms with Crippen LogP contribution in [0.4, 0.5) is 4.79 Å². The Balaban J connectivity index is 1.52. The molecule has 1 aromatic carbocycles. The minimum absolute atomic E-state index is 0.000451. The Kier molecular flexibility index (Phi) is 33.6. The number of hydrogen-bond donors (Lipinski definition) is 3. The molecule has 2 fully saturated rings. The number of Topliss-reactive ketones (excluding diaryl/α,β-unsaturated/α-hetero) is 3. The maximum Gasteiger partial charge on any atom is 0.513 e. The van der Waals surface area contributed by atoms with Crippen molar-refractivity contribution in [2.24, 2.45) is 29.6 Å². The molecule has 1 aromatic rings. The zero-order valence-electron chi connectivity index (χ0n) is 54.1. The lowest BCUT2D eigenvalue weighted by molar-refractivity contribution is -0.266. The van der Waals surface area contributed by atoms with Crippen LogP contribution in [0.25, 0.3) is 0 Å². The number of amides is 1. The highest BCUT2D eigenvalue weighted by Crippen LogP contribution is 2.38. The molecule has 16 nitrogen and oxygen atoms in total. The SMILES string of the molecule is CCCCCCCC/C=C\CCCCCCCCOC(=O)Oc1ccc(C[C@@H](C)[C@@H]2CC(=O)[C@H](C)/C=C(\C)[C@@H](O)[C@@H](OC)C(=O)[C@H](C)C[C@H](C)/C=C/C=C/C=C(\C)[C@@H](OC)C[C@@H]3CC[C@@H](C)[C@@](O)(O3)C(=O)C(=O)N3CCCC[C@H]3C(O)O2)cc1OC. The molecule has 0 saturated carbocycles. The average Bonchev–Trinajstić information content (AvgIpc) is 1.46. The highest BCUT2D eigenvalue weighted by atomic mass is 16.7. The molecule has 0 aromatic heterocycles. The average molecular weight is 1200 g/mol. The summed E-state index contributed by atoms with van der Waals surface area (Å²) in [5.41, 5.74) is 1.98. The van der Waals surface area contributed by atoms with Gasteiger partial charge in [0.05, 0.1) is 38.1 Å². The summed E-state index contributed by atoms with van der Waals surface area (Å²) in [4.78, 5) is 71.3. The monoisotopic (exact) mass is 1200 g/mol. The topological polar surface area (TPSA) is 214 Å². The van der Waals surface area contributed by atoms with E-state index in [0.29, 0.717) is 50.5 Å². The maximum absolute atomic E-state index is 14.5.